The molecule has 0 radical (unpaired) electrons. The summed E-state index contributed by atoms with van der Waals surface area (Å²) in [6.07, 6.45) is 0.885. The molecule has 4 aromatic carbocycles. The Morgan fingerprint density at radius 3 is 1.37 bits per heavy atom. The normalized spacial score (nSPS) is 20.7. The Morgan fingerprint density at radius 1 is 0.581 bits per heavy atom. The van der Waals surface area contributed by atoms with Gasteiger partial charge in [0.2, 0.25) is 0 Å². The molecule has 3 N–H and O–H groups in total. The van der Waals surface area contributed by atoms with Crippen LogP contribution in [0.1, 0.15) is 73.9 Å². The number of carboxylic acids is 2. The maximum absolute atomic E-state index is 13.1. The van der Waals surface area contributed by atoms with E-state index in [0.29, 0.717) is 11.1 Å². The molecule has 0 saturated heterocycles. The van der Waals surface area contributed by atoms with Gasteiger partial charge in [-0.1, -0.05) is 137 Å². The van der Waals surface area contributed by atoms with Gasteiger partial charge in [0.15, 0.2) is 0 Å². The maximum Gasteiger partial charge on any atom is 0.318 e. The lowest BCUT2D eigenvalue weighted by molar-refractivity contribution is -0.149. The van der Waals surface area contributed by atoms with Crippen LogP contribution in [0.5, 0.6) is 0 Å². The van der Waals surface area contributed by atoms with Crippen molar-refractivity contribution in [2.45, 2.75) is 62.2 Å². The highest BCUT2D eigenvalue weighted by Gasteiger charge is 2.55. The van der Waals surface area contributed by atoms with E-state index in [2.05, 4.69) is 52.0 Å². The highest BCUT2D eigenvalue weighted by molar-refractivity contribution is 5.90. The van der Waals surface area contributed by atoms with E-state index in [9.17, 15) is 24.9 Å². The third-order valence-corrected chi connectivity index (χ3v) is 9.54. The second kappa shape index (κ2) is 10.9. The van der Waals surface area contributed by atoms with E-state index in [0.717, 1.165) is 22.3 Å². The van der Waals surface area contributed by atoms with Crippen LogP contribution < -0.4 is 0 Å². The van der Waals surface area contributed by atoms with Gasteiger partial charge < -0.3 is 15.3 Å². The smallest absolute Gasteiger partial charge is 0.318 e. The van der Waals surface area contributed by atoms with Crippen molar-refractivity contribution >= 4 is 11.9 Å². The molecular formula is C38H38O5. The van der Waals surface area contributed by atoms with Crippen molar-refractivity contribution < 1.29 is 24.9 Å². The van der Waals surface area contributed by atoms with Crippen LogP contribution in [0.25, 0.3) is 0 Å². The highest BCUT2D eigenvalue weighted by atomic mass is 16.4. The van der Waals surface area contributed by atoms with Gasteiger partial charge >= 0.3 is 11.9 Å². The minimum absolute atomic E-state index is 0.197. The van der Waals surface area contributed by atoms with Crippen molar-refractivity contribution in [2.75, 3.05) is 0 Å². The molecule has 5 heteroatoms. The van der Waals surface area contributed by atoms with Gasteiger partial charge in [-0.3, -0.25) is 9.59 Å². The van der Waals surface area contributed by atoms with E-state index >= 15 is 0 Å². The van der Waals surface area contributed by atoms with Crippen LogP contribution in [-0.2, 0) is 31.2 Å². The van der Waals surface area contributed by atoms with Crippen molar-refractivity contribution in [3.8, 4) is 0 Å². The van der Waals surface area contributed by atoms with Gasteiger partial charge in [0.1, 0.15) is 10.8 Å². The topological polar surface area (TPSA) is 94.8 Å². The SMILES string of the molecule is CC(C)(c1ccccc1)c1ccc(C2(C(=O)O)C=C(O)CC(C(=O)O)(c3ccc(C(C)(C)c4ccccc4)cc3)C2)cc1. The number of rotatable bonds is 8. The summed E-state index contributed by atoms with van der Waals surface area (Å²) in [7, 11) is 0. The Kier molecular flexibility index (Phi) is 7.55. The first kappa shape index (κ1) is 29.8. The second-order valence-corrected chi connectivity index (χ2v) is 12.8. The summed E-state index contributed by atoms with van der Waals surface area (Å²) in [6, 6.07) is 34.8. The highest BCUT2D eigenvalue weighted by Crippen LogP contribution is 2.49. The fraction of sp³-hybridized carbons (Fsp3) is 0.263. The molecule has 0 spiro atoms. The molecule has 5 rings (SSSR count). The van der Waals surface area contributed by atoms with E-state index in [-0.39, 0.29) is 29.4 Å². The number of carbonyl (C=O) groups is 2. The van der Waals surface area contributed by atoms with Crippen molar-refractivity contribution in [2.24, 2.45) is 0 Å². The third-order valence-electron chi connectivity index (χ3n) is 9.54. The van der Waals surface area contributed by atoms with Crippen molar-refractivity contribution in [1.82, 2.24) is 0 Å². The molecule has 1 aliphatic rings. The minimum atomic E-state index is -1.74. The molecule has 0 amide bonds. The van der Waals surface area contributed by atoms with E-state index in [1.165, 1.54) is 6.08 Å². The van der Waals surface area contributed by atoms with Gasteiger partial charge in [0.25, 0.3) is 0 Å². The second-order valence-electron chi connectivity index (χ2n) is 12.8. The summed E-state index contributed by atoms with van der Waals surface area (Å²) < 4.78 is 0. The Balaban J connectivity index is 1.55. The molecule has 4 aromatic rings. The molecule has 0 bridgehead atoms. The number of allylic oxidation sites excluding steroid dienone is 1. The molecule has 0 aliphatic heterocycles. The van der Waals surface area contributed by atoms with Crippen LogP contribution in [0.3, 0.4) is 0 Å². The molecule has 2 unspecified atom stereocenters. The summed E-state index contributed by atoms with van der Waals surface area (Å²) >= 11 is 0. The fourth-order valence-electron chi connectivity index (χ4n) is 6.59. The number of aliphatic hydroxyl groups is 1. The molecule has 0 heterocycles. The van der Waals surface area contributed by atoms with Gasteiger partial charge in [0, 0.05) is 17.3 Å². The Bertz CT molecular complexity index is 1650. The molecule has 0 saturated carbocycles. The summed E-state index contributed by atoms with van der Waals surface area (Å²) in [5.74, 6) is -2.63. The average Bonchev–Trinajstić information content (AvgIpc) is 3.01. The van der Waals surface area contributed by atoms with Gasteiger partial charge in [0.05, 0.1) is 5.76 Å². The number of aliphatic carboxylic acids is 2. The molecule has 2 atom stereocenters. The lowest BCUT2D eigenvalue weighted by atomic mass is 9.59. The first-order chi connectivity index (χ1) is 20.3. The van der Waals surface area contributed by atoms with Crippen LogP contribution in [0.2, 0.25) is 0 Å². The van der Waals surface area contributed by atoms with Crippen LogP contribution in [0.4, 0.5) is 0 Å². The Hall–Kier alpha value is -4.64. The molecular weight excluding hydrogens is 536 g/mol. The zero-order valence-electron chi connectivity index (χ0n) is 25.0. The molecule has 43 heavy (non-hydrogen) atoms. The Morgan fingerprint density at radius 2 is 0.977 bits per heavy atom. The van der Waals surface area contributed by atoms with Crippen molar-refractivity contribution in [3.05, 3.63) is 154 Å². The molecule has 1 aliphatic carbocycles. The summed E-state index contributed by atoms with van der Waals surface area (Å²) in [5.41, 5.74) is 1.07. The first-order valence-corrected chi connectivity index (χ1v) is 14.5. The standard InChI is InChI=1S/C38H38O5/c1-35(2,26-11-7-5-8-12-26)28-15-19-30(20-16-28)37(33(40)41)23-32(39)24-38(25-37,34(42)43)31-21-17-29(18-22-31)36(3,4)27-13-9-6-10-14-27/h5-23,39H,24-25H2,1-4H3,(H,40,41)(H,42,43). The van der Waals surface area contributed by atoms with Crippen LogP contribution in [0.15, 0.2) is 121 Å². The fourth-order valence-corrected chi connectivity index (χ4v) is 6.59. The number of carboxylic acid groups (broad SMARTS) is 2. The summed E-state index contributed by atoms with van der Waals surface area (Å²) in [6.45, 7) is 8.43. The van der Waals surface area contributed by atoms with Crippen LogP contribution in [-0.4, -0.2) is 27.3 Å². The zero-order valence-corrected chi connectivity index (χ0v) is 25.0. The van der Waals surface area contributed by atoms with E-state index in [1.807, 2.05) is 60.7 Å². The molecule has 5 nitrogen and oxygen atoms in total. The Labute approximate surface area is 253 Å². The zero-order chi connectivity index (χ0) is 31.0. The predicted molar refractivity (Wildman–Crippen MR) is 169 cm³/mol. The lowest BCUT2D eigenvalue weighted by Crippen LogP contribution is -2.49. The van der Waals surface area contributed by atoms with Gasteiger partial charge in [-0.25, -0.2) is 0 Å². The van der Waals surface area contributed by atoms with E-state index in [1.54, 1.807) is 24.3 Å². The molecule has 0 aromatic heterocycles. The summed E-state index contributed by atoms with van der Waals surface area (Å²) in [5, 5.41) is 32.3. The van der Waals surface area contributed by atoms with E-state index in [4.69, 9.17) is 0 Å². The molecule has 220 valence electrons. The summed E-state index contributed by atoms with van der Waals surface area (Å²) in [4.78, 5) is 26.1. The number of hydrogen-bond donors (Lipinski definition) is 3. The first-order valence-electron chi connectivity index (χ1n) is 14.5. The predicted octanol–water partition coefficient (Wildman–Crippen LogP) is 7.92. The molecule has 0 fully saturated rings. The van der Waals surface area contributed by atoms with Gasteiger partial charge in [-0.05, 0) is 45.9 Å². The maximum atomic E-state index is 13.1. The third kappa shape index (κ3) is 5.14. The van der Waals surface area contributed by atoms with Gasteiger partial charge in [-0.2, -0.15) is 0 Å². The largest absolute Gasteiger partial charge is 0.513 e. The quantitative estimate of drug-likeness (QED) is 0.199. The van der Waals surface area contributed by atoms with Crippen molar-refractivity contribution in [3.63, 3.8) is 0 Å². The van der Waals surface area contributed by atoms with Crippen molar-refractivity contribution in [1.29, 1.82) is 0 Å². The average molecular weight is 575 g/mol. The van der Waals surface area contributed by atoms with Gasteiger partial charge in [-0.15, -0.1) is 0 Å². The lowest BCUT2D eigenvalue weighted by Gasteiger charge is -2.42. The minimum Gasteiger partial charge on any atom is -0.513 e. The monoisotopic (exact) mass is 574 g/mol. The van der Waals surface area contributed by atoms with Crippen LogP contribution in [0, 0.1) is 0 Å². The number of benzene rings is 4. The number of aliphatic hydroxyl groups excluding tert-OH is 1. The van der Waals surface area contributed by atoms with E-state index < -0.39 is 22.8 Å². The number of hydrogen-bond acceptors (Lipinski definition) is 3. The van der Waals surface area contributed by atoms with Crippen LogP contribution >= 0.6 is 0 Å².